The summed E-state index contributed by atoms with van der Waals surface area (Å²) in [5.74, 6) is 0.956. The molecule has 0 aromatic rings. The van der Waals surface area contributed by atoms with Crippen molar-refractivity contribution >= 4 is 46.1 Å². The first-order valence-electron chi connectivity index (χ1n) is 10.6. The van der Waals surface area contributed by atoms with Crippen LogP contribution in [-0.2, 0) is 14.8 Å². The Hall–Kier alpha value is -0.820. The number of ether oxygens (including phenoxy) is 1. The number of guanidine groups is 1. The Morgan fingerprint density at radius 3 is 2.42 bits per heavy atom. The van der Waals surface area contributed by atoms with Crippen molar-refractivity contribution in [2.24, 2.45) is 10.9 Å². The number of rotatable bonds is 8. The van der Waals surface area contributed by atoms with E-state index in [1.165, 1.54) is 6.26 Å². The van der Waals surface area contributed by atoms with Crippen molar-refractivity contribution in [3.8, 4) is 0 Å². The summed E-state index contributed by atoms with van der Waals surface area (Å²) in [5.41, 5.74) is -0.533. The Kier molecular flexibility index (Phi) is 12.7. The normalized spacial score (nSPS) is 19.0. The molecule has 0 aromatic heterocycles. The summed E-state index contributed by atoms with van der Waals surface area (Å²) in [6.07, 6.45) is 3.30. The average molecular weight is 576 g/mol. The van der Waals surface area contributed by atoms with Crippen LogP contribution in [0.15, 0.2) is 4.99 Å². The van der Waals surface area contributed by atoms with Gasteiger partial charge in [0, 0.05) is 45.8 Å². The number of aliphatic imine (C=N–C) groups is 1. The van der Waals surface area contributed by atoms with Crippen molar-refractivity contribution < 1.29 is 17.9 Å². The van der Waals surface area contributed by atoms with Gasteiger partial charge in [0.25, 0.3) is 0 Å². The van der Waals surface area contributed by atoms with Crippen LogP contribution in [0.4, 0.5) is 4.79 Å². The second-order valence-electron chi connectivity index (χ2n) is 9.30. The van der Waals surface area contributed by atoms with Crippen LogP contribution in [0.25, 0.3) is 0 Å². The highest BCUT2D eigenvalue weighted by atomic mass is 127. The van der Waals surface area contributed by atoms with E-state index in [4.69, 9.17) is 4.74 Å². The maximum atomic E-state index is 12.1. The molecule has 0 aliphatic carbocycles. The molecule has 1 saturated heterocycles. The van der Waals surface area contributed by atoms with Gasteiger partial charge in [0.1, 0.15) is 5.60 Å². The predicted octanol–water partition coefficient (Wildman–Crippen LogP) is 2.48. The first-order valence-corrected chi connectivity index (χ1v) is 12.5. The van der Waals surface area contributed by atoms with Crippen LogP contribution in [0.5, 0.6) is 0 Å². The van der Waals surface area contributed by atoms with Gasteiger partial charge in [0.15, 0.2) is 5.96 Å². The zero-order valence-corrected chi connectivity index (χ0v) is 23.4. The number of nitrogens with zero attached hydrogens (tertiary/aromatic N) is 3. The van der Waals surface area contributed by atoms with Crippen LogP contribution in [0.3, 0.4) is 0 Å². The molecule has 0 aromatic carbocycles. The fourth-order valence-electron chi connectivity index (χ4n) is 3.51. The highest BCUT2D eigenvalue weighted by Crippen LogP contribution is 2.19. The highest BCUT2D eigenvalue weighted by molar-refractivity contribution is 14.0. The SMILES string of the molecule is CN=C(NC[C@H]1CCCN1S(C)(=O)=O)N(C)CCC(NC(=O)OC(C)(C)C)C(C)C.I. The second kappa shape index (κ2) is 13.0. The average Bonchev–Trinajstić information content (AvgIpc) is 3.06. The van der Waals surface area contributed by atoms with Gasteiger partial charge in [0.05, 0.1) is 6.26 Å². The van der Waals surface area contributed by atoms with E-state index >= 15 is 0 Å². The number of carbonyl (C=O) groups excluding carboxylic acids is 1. The fourth-order valence-corrected chi connectivity index (χ4v) is 4.70. The van der Waals surface area contributed by atoms with Crippen molar-refractivity contribution in [2.75, 3.05) is 40.0 Å². The van der Waals surface area contributed by atoms with E-state index in [1.54, 1.807) is 11.4 Å². The third-order valence-corrected chi connectivity index (χ3v) is 6.43. The smallest absolute Gasteiger partial charge is 0.407 e. The number of sulfonamides is 1. The number of hydrogen-bond donors (Lipinski definition) is 2. The number of alkyl carbamates (subject to hydrolysis) is 1. The summed E-state index contributed by atoms with van der Waals surface area (Å²) in [6, 6.07) is -0.0849. The second-order valence-corrected chi connectivity index (χ2v) is 11.2. The Labute approximate surface area is 205 Å². The van der Waals surface area contributed by atoms with Crippen molar-refractivity contribution in [1.82, 2.24) is 19.8 Å². The fraction of sp³-hybridized carbons (Fsp3) is 0.900. The topological polar surface area (TPSA) is 103 Å². The molecule has 0 bridgehead atoms. The van der Waals surface area contributed by atoms with E-state index < -0.39 is 21.7 Å². The maximum Gasteiger partial charge on any atom is 0.407 e. The summed E-state index contributed by atoms with van der Waals surface area (Å²) in [7, 11) is 0.448. The van der Waals surface area contributed by atoms with Crippen LogP contribution in [-0.4, -0.2) is 87.3 Å². The molecule has 31 heavy (non-hydrogen) atoms. The van der Waals surface area contributed by atoms with Crippen molar-refractivity contribution in [1.29, 1.82) is 0 Å². The summed E-state index contributed by atoms with van der Waals surface area (Å²) in [4.78, 5) is 18.4. The molecular formula is C20H42IN5O4S. The molecule has 1 heterocycles. The minimum absolute atomic E-state index is 0. The first-order chi connectivity index (χ1) is 13.7. The van der Waals surface area contributed by atoms with E-state index in [9.17, 15) is 13.2 Å². The lowest BCUT2D eigenvalue weighted by molar-refractivity contribution is 0.0485. The molecule has 11 heteroatoms. The lowest BCUT2D eigenvalue weighted by Crippen LogP contribution is -2.48. The molecule has 184 valence electrons. The van der Waals surface area contributed by atoms with Gasteiger partial charge in [-0.25, -0.2) is 13.2 Å². The summed E-state index contributed by atoms with van der Waals surface area (Å²) < 4.78 is 30.8. The number of amides is 1. The maximum absolute atomic E-state index is 12.1. The van der Waals surface area contributed by atoms with Crippen LogP contribution >= 0.6 is 24.0 Å². The molecule has 1 rings (SSSR count). The molecule has 0 radical (unpaired) electrons. The zero-order valence-electron chi connectivity index (χ0n) is 20.3. The van der Waals surface area contributed by atoms with Gasteiger partial charge in [-0.15, -0.1) is 24.0 Å². The summed E-state index contributed by atoms with van der Waals surface area (Å²) in [6.45, 7) is 11.4. The Morgan fingerprint density at radius 2 is 1.94 bits per heavy atom. The molecule has 2 N–H and O–H groups in total. The number of nitrogens with one attached hydrogen (secondary N) is 2. The van der Waals surface area contributed by atoms with Gasteiger partial charge in [-0.1, -0.05) is 13.8 Å². The molecule has 9 nitrogen and oxygen atoms in total. The standard InChI is InChI=1S/C20H41N5O4S.HI/c1-15(2)17(23-19(26)29-20(3,4)5)11-13-24(7)18(21-6)22-14-16-10-9-12-25(16)30(8,27)28;/h15-17H,9-14H2,1-8H3,(H,21,22)(H,23,26);1H/t16-,17?;/m1./s1. The van der Waals surface area contributed by atoms with E-state index in [0.717, 1.165) is 19.3 Å². The van der Waals surface area contributed by atoms with Gasteiger partial charge in [-0.3, -0.25) is 4.99 Å². The van der Waals surface area contributed by atoms with Crippen molar-refractivity contribution in [3.63, 3.8) is 0 Å². The number of hydrogen-bond acceptors (Lipinski definition) is 5. The van der Waals surface area contributed by atoms with Crippen molar-refractivity contribution in [2.45, 2.75) is 71.6 Å². The molecule has 1 amide bonds. The number of carbonyl (C=O) groups is 1. The minimum atomic E-state index is -3.19. The Balaban J connectivity index is 0.00000900. The first kappa shape index (κ1) is 30.2. The van der Waals surface area contributed by atoms with Crippen LogP contribution < -0.4 is 10.6 Å². The van der Waals surface area contributed by atoms with Gasteiger partial charge < -0.3 is 20.3 Å². The van der Waals surface area contributed by atoms with Gasteiger partial charge in [-0.2, -0.15) is 4.31 Å². The molecule has 1 aliphatic heterocycles. The van der Waals surface area contributed by atoms with Gasteiger partial charge in [-0.05, 0) is 46.0 Å². The molecule has 1 unspecified atom stereocenters. The molecule has 0 saturated carbocycles. The Morgan fingerprint density at radius 1 is 1.32 bits per heavy atom. The minimum Gasteiger partial charge on any atom is -0.444 e. The van der Waals surface area contributed by atoms with E-state index in [1.807, 2.05) is 32.7 Å². The van der Waals surface area contributed by atoms with Crippen LogP contribution in [0, 0.1) is 5.92 Å². The summed E-state index contributed by atoms with van der Waals surface area (Å²) in [5, 5.41) is 6.26. The van der Waals surface area contributed by atoms with Gasteiger partial charge >= 0.3 is 6.09 Å². The van der Waals surface area contributed by atoms with Crippen molar-refractivity contribution in [3.05, 3.63) is 0 Å². The van der Waals surface area contributed by atoms with E-state index in [2.05, 4.69) is 29.5 Å². The zero-order chi connectivity index (χ0) is 23.1. The monoisotopic (exact) mass is 575 g/mol. The molecule has 1 fully saturated rings. The predicted molar refractivity (Wildman–Crippen MR) is 137 cm³/mol. The van der Waals surface area contributed by atoms with Gasteiger partial charge in [0.2, 0.25) is 10.0 Å². The third kappa shape index (κ3) is 11.0. The van der Waals surface area contributed by atoms with Crippen LogP contribution in [0.2, 0.25) is 0 Å². The number of halogens is 1. The third-order valence-electron chi connectivity index (χ3n) is 5.10. The lowest BCUT2D eigenvalue weighted by Gasteiger charge is -2.29. The largest absolute Gasteiger partial charge is 0.444 e. The Bertz CT molecular complexity index is 694. The molecular weight excluding hydrogens is 533 g/mol. The molecule has 0 spiro atoms. The molecule has 1 aliphatic rings. The van der Waals surface area contributed by atoms with Crippen LogP contribution in [0.1, 0.15) is 53.9 Å². The van der Waals surface area contributed by atoms with E-state index in [0.29, 0.717) is 25.6 Å². The molecule has 2 atom stereocenters. The van der Waals surface area contributed by atoms with E-state index in [-0.39, 0.29) is 42.0 Å². The highest BCUT2D eigenvalue weighted by Gasteiger charge is 2.31. The summed E-state index contributed by atoms with van der Waals surface area (Å²) >= 11 is 0. The quantitative estimate of drug-likeness (QED) is 0.262. The lowest BCUT2D eigenvalue weighted by atomic mass is 10.0.